The van der Waals surface area contributed by atoms with Gasteiger partial charge in [0.2, 0.25) is 10.0 Å². The molecular formula is C23H25ClN2O5S. The molecule has 4 rings (SSSR count). The van der Waals surface area contributed by atoms with Crippen LogP contribution in [0.5, 0.6) is 0 Å². The molecular weight excluding hydrogens is 452 g/mol. The van der Waals surface area contributed by atoms with Gasteiger partial charge in [-0.1, -0.05) is 29.8 Å². The summed E-state index contributed by atoms with van der Waals surface area (Å²) < 4.78 is 40.7. The number of aryl methyl sites for hydroxylation is 2. The number of halogens is 1. The first-order valence-electron chi connectivity index (χ1n) is 10.3. The zero-order chi connectivity index (χ0) is 23.0. The zero-order valence-electron chi connectivity index (χ0n) is 18.2. The summed E-state index contributed by atoms with van der Waals surface area (Å²) >= 11 is 6.18. The molecule has 0 atom stereocenters. The van der Waals surface area contributed by atoms with Gasteiger partial charge in [0.25, 0.3) is 5.91 Å². The van der Waals surface area contributed by atoms with Crippen molar-refractivity contribution in [1.82, 2.24) is 9.62 Å². The van der Waals surface area contributed by atoms with Crippen LogP contribution in [-0.4, -0.2) is 45.5 Å². The topological polar surface area (TPSA) is 88.9 Å². The summed E-state index contributed by atoms with van der Waals surface area (Å²) in [5.74, 6) is -0.0980. The normalized spacial score (nSPS) is 14.8. The van der Waals surface area contributed by atoms with Crippen LogP contribution in [-0.2, 0) is 21.3 Å². The van der Waals surface area contributed by atoms with Gasteiger partial charge in [-0.25, -0.2) is 13.1 Å². The van der Waals surface area contributed by atoms with Crippen molar-refractivity contribution in [3.05, 3.63) is 63.4 Å². The number of nitrogens with zero attached hydrogens (tertiary/aromatic N) is 1. The maximum absolute atomic E-state index is 13.4. The molecule has 0 unspecified atom stereocenters. The molecule has 0 spiro atoms. The summed E-state index contributed by atoms with van der Waals surface area (Å²) in [6.45, 7) is 7.27. The minimum atomic E-state index is -3.96. The maximum Gasteiger partial charge on any atom is 0.290 e. The highest BCUT2D eigenvalue weighted by molar-refractivity contribution is 7.89. The van der Waals surface area contributed by atoms with Gasteiger partial charge in [0.15, 0.2) is 11.3 Å². The van der Waals surface area contributed by atoms with Crippen molar-refractivity contribution in [2.24, 2.45) is 0 Å². The van der Waals surface area contributed by atoms with Crippen LogP contribution in [0.3, 0.4) is 0 Å². The summed E-state index contributed by atoms with van der Waals surface area (Å²) in [5, 5.41) is 1.09. The van der Waals surface area contributed by atoms with Gasteiger partial charge in [0.1, 0.15) is 4.90 Å². The Hall–Kier alpha value is -2.39. The number of hydrogen-bond donors (Lipinski definition) is 1. The van der Waals surface area contributed by atoms with Crippen molar-refractivity contribution in [3.8, 4) is 0 Å². The van der Waals surface area contributed by atoms with E-state index in [0.717, 1.165) is 5.56 Å². The highest BCUT2D eigenvalue weighted by Crippen LogP contribution is 2.35. The second kappa shape index (κ2) is 8.86. The summed E-state index contributed by atoms with van der Waals surface area (Å²) in [5.41, 5.74) is 2.85. The van der Waals surface area contributed by atoms with Crippen molar-refractivity contribution >= 4 is 38.5 Å². The predicted octanol–water partition coefficient (Wildman–Crippen LogP) is 3.96. The van der Waals surface area contributed by atoms with E-state index in [0.29, 0.717) is 53.4 Å². The number of rotatable bonds is 5. The van der Waals surface area contributed by atoms with Gasteiger partial charge in [-0.15, -0.1) is 0 Å². The Labute approximate surface area is 192 Å². The Balaban J connectivity index is 1.77. The number of fused-ring (bicyclic) bond motifs is 1. The summed E-state index contributed by atoms with van der Waals surface area (Å²) in [6.07, 6.45) is 0. The Kier molecular flexibility index (Phi) is 6.31. The number of nitrogens with one attached hydrogen (secondary N) is 1. The van der Waals surface area contributed by atoms with Gasteiger partial charge in [0, 0.05) is 35.6 Å². The van der Waals surface area contributed by atoms with E-state index < -0.39 is 10.0 Å². The quantitative estimate of drug-likeness (QED) is 0.602. The highest BCUT2D eigenvalue weighted by atomic mass is 35.5. The molecule has 0 saturated carbocycles. The standard InChI is InChI=1S/C23H25ClN2O5S/c1-14-12-18-16(3)20(23(27)26-8-10-30-11-9-26)31-21(18)22(15(14)2)32(28,29)25-13-17-6-4-5-7-19(17)24/h4-7,12,25H,8-11,13H2,1-3H3. The molecule has 1 aliphatic rings. The SMILES string of the molecule is Cc1cc2c(C)c(C(=O)N3CCOCC3)oc2c(S(=O)(=O)NCc2ccccc2Cl)c1C. The van der Waals surface area contributed by atoms with Gasteiger partial charge in [0.05, 0.1) is 13.2 Å². The third-order valence-electron chi connectivity index (χ3n) is 5.86. The largest absolute Gasteiger partial charge is 0.449 e. The van der Waals surface area contributed by atoms with E-state index in [9.17, 15) is 13.2 Å². The van der Waals surface area contributed by atoms with Gasteiger partial charge < -0.3 is 14.1 Å². The van der Waals surface area contributed by atoms with Gasteiger partial charge in [-0.2, -0.15) is 0 Å². The van der Waals surface area contributed by atoms with Crippen molar-refractivity contribution in [3.63, 3.8) is 0 Å². The molecule has 1 aromatic heterocycles. The zero-order valence-corrected chi connectivity index (χ0v) is 19.8. The molecule has 9 heteroatoms. The van der Waals surface area contributed by atoms with Crippen molar-refractivity contribution < 1.29 is 22.4 Å². The average molecular weight is 477 g/mol. The van der Waals surface area contributed by atoms with Gasteiger partial charge >= 0.3 is 0 Å². The number of benzene rings is 2. The molecule has 1 fully saturated rings. The molecule has 2 aromatic carbocycles. The van der Waals surface area contributed by atoms with E-state index in [1.54, 1.807) is 43.0 Å². The monoisotopic (exact) mass is 476 g/mol. The van der Waals surface area contributed by atoms with E-state index in [4.69, 9.17) is 20.8 Å². The van der Waals surface area contributed by atoms with E-state index in [1.165, 1.54) is 0 Å². The molecule has 2 heterocycles. The number of ether oxygens (including phenoxy) is 1. The number of morpholine rings is 1. The first-order chi connectivity index (χ1) is 15.2. The lowest BCUT2D eigenvalue weighted by atomic mass is 10.0. The number of carbonyl (C=O) groups excluding carboxylic acids is 1. The second-order valence-electron chi connectivity index (χ2n) is 7.90. The molecule has 7 nitrogen and oxygen atoms in total. The van der Waals surface area contributed by atoms with Crippen LogP contribution in [0.1, 0.15) is 32.8 Å². The molecule has 0 aliphatic carbocycles. The fourth-order valence-corrected chi connectivity index (χ4v) is 5.52. The molecule has 1 N–H and O–H groups in total. The lowest BCUT2D eigenvalue weighted by Crippen LogP contribution is -2.40. The average Bonchev–Trinajstić information content (AvgIpc) is 3.09. The van der Waals surface area contributed by atoms with Crippen LogP contribution in [0.2, 0.25) is 5.02 Å². The van der Waals surface area contributed by atoms with Gasteiger partial charge in [-0.05, 0) is 49.6 Å². The third kappa shape index (κ3) is 4.15. The minimum Gasteiger partial charge on any atom is -0.449 e. The predicted molar refractivity (Wildman–Crippen MR) is 123 cm³/mol. The number of hydrogen-bond acceptors (Lipinski definition) is 5. The number of furan rings is 1. The Morgan fingerprint density at radius 1 is 1.12 bits per heavy atom. The van der Waals surface area contributed by atoms with Gasteiger partial charge in [-0.3, -0.25) is 4.79 Å². The van der Waals surface area contributed by atoms with E-state index in [2.05, 4.69) is 4.72 Å². The molecule has 1 amide bonds. The molecule has 0 bridgehead atoms. The first kappa shape index (κ1) is 22.8. The smallest absolute Gasteiger partial charge is 0.290 e. The fourth-order valence-electron chi connectivity index (χ4n) is 3.87. The van der Waals surface area contributed by atoms with Crippen LogP contribution in [0.25, 0.3) is 11.0 Å². The summed E-state index contributed by atoms with van der Waals surface area (Å²) in [6, 6.07) is 8.92. The number of amides is 1. The lowest BCUT2D eigenvalue weighted by Gasteiger charge is -2.26. The maximum atomic E-state index is 13.4. The number of carbonyl (C=O) groups is 1. The van der Waals surface area contributed by atoms with E-state index >= 15 is 0 Å². The van der Waals surface area contributed by atoms with Crippen LogP contribution >= 0.6 is 11.6 Å². The molecule has 3 aromatic rings. The Morgan fingerprint density at radius 2 is 1.81 bits per heavy atom. The van der Waals surface area contributed by atoms with Crippen LogP contribution in [0.4, 0.5) is 0 Å². The fraction of sp³-hybridized carbons (Fsp3) is 0.348. The van der Waals surface area contributed by atoms with Crippen molar-refractivity contribution in [2.45, 2.75) is 32.2 Å². The second-order valence-corrected chi connectivity index (χ2v) is 10.0. The van der Waals surface area contributed by atoms with Crippen molar-refractivity contribution in [1.29, 1.82) is 0 Å². The molecule has 32 heavy (non-hydrogen) atoms. The highest BCUT2D eigenvalue weighted by Gasteiger charge is 2.30. The van der Waals surface area contributed by atoms with E-state index in [-0.39, 0.29) is 28.7 Å². The number of sulfonamides is 1. The Bertz CT molecular complexity index is 1290. The van der Waals surface area contributed by atoms with Crippen LogP contribution < -0.4 is 4.72 Å². The molecule has 1 saturated heterocycles. The van der Waals surface area contributed by atoms with E-state index in [1.807, 2.05) is 13.0 Å². The molecule has 1 aliphatic heterocycles. The minimum absolute atomic E-state index is 0.0378. The molecule has 170 valence electrons. The lowest BCUT2D eigenvalue weighted by molar-refractivity contribution is 0.0283. The Morgan fingerprint density at radius 3 is 2.50 bits per heavy atom. The van der Waals surface area contributed by atoms with Crippen LogP contribution in [0.15, 0.2) is 39.6 Å². The van der Waals surface area contributed by atoms with Crippen molar-refractivity contribution in [2.75, 3.05) is 26.3 Å². The molecule has 0 radical (unpaired) electrons. The summed E-state index contributed by atoms with van der Waals surface area (Å²) in [4.78, 5) is 14.8. The first-order valence-corrected chi connectivity index (χ1v) is 12.2. The van der Waals surface area contributed by atoms with Crippen LogP contribution in [0, 0.1) is 20.8 Å². The summed E-state index contributed by atoms with van der Waals surface area (Å²) in [7, 11) is -3.96. The third-order valence-corrected chi connectivity index (χ3v) is 7.79.